The van der Waals surface area contributed by atoms with Gasteiger partial charge in [0.15, 0.2) is 11.5 Å². The van der Waals surface area contributed by atoms with Crippen molar-refractivity contribution in [2.24, 2.45) is 0 Å². The van der Waals surface area contributed by atoms with Crippen LogP contribution in [0.25, 0.3) is 11.6 Å². The average Bonchev–Trinajstić information content (AvgIpc) is 2.92. The van der Waals surface area contributed by atoms with Crippen LogP contribution in [-0.2, 0) is 0 Å². The minimum absolute atomic E-state index is 0. The fourth-order valence-electron chi connectivity index (χ4n) is 2.26. The van der Waals surface area contributed by atoms with E-state index < -0.39 is 0 Å². The lowest BCUT2D eigenvalue weighted by atomic mass is 10.1. The van der Waals surface area contributed by atoms with E-state index in [1.54, 1.807) is 0 Å². The molecule has 1 aliphatic rings. The molecular weight excluding hydrogens is 266 g/mol. The molecule has 2 aromatic rings. The molecule has 1 fully saturated rings. The Morgan fingerprint density at radius 1 is 1.32 bits per heavy atom. The van der Waals surface area contributed by atoms with Crippen LogP contribution >= 0.6 is 12.4 Å². The second-order valence-corrected chi connectivity index (χ2v) is 4.75. The quantitative estimate of drug-likeness (QED) is 0.885. The Hall–Kier alpha value is -1.40. The van der Waals surface area contributed by atoms with Crippen molar-refractivity contribution >= 4 is 12.4 Å². The third kappa shape index (κ3) is 3.13. The fourth-order valence-corrected chi connectivity index (χ4v) is 2.26. The predicted molar refractivity (Wildman–Crippen MR) is 73.1 cm³/mol. The molecule has 1 unspecified atom stereocenters. The highest BCUT2D eigenvalue weighted by atomic mass is 35.5. The van der Waals surface area contributed by atoms with E-state index in [0.717, 1.165) is 24.5 Å². The molecule has 0 aliphatic carbocycles. The van der Waals surface area contributed by atoms with Crippen LogP contribution < -0.4 is 5.32 Å². The molecular formula is C12H18ClN5O. The van der Waals surface area contributed by atoms with Gasteiger partial charge in [-0.1, -0.05) is 18.0 Å². The van der Waals surface area contributed by atoms with Gasteiger partial charge in [-0.05, 0) is 32.4 Å². The Morgan fingerprint density at radius 2 is 2.21 bits per heavy atom. The van der Waals surface area contributed by atoms with Gasteiger partial charge >= 0.3 is 0 Å². The molecule has 3 heterocycles. The van der Waals surface area contributed by atoms with Crippen LogP contribution in [0.15, 0.2) is 10.6 Å². The summed E-state index contributed by atoms with van der Waals surface area (Å²) in [5.74, 6) is 1.23. The van der Waals surface area contributed by atoms with Crippen molar-refractivity contribution in [1.29, 1.82) is 0 Å². The van der Waals surface area contributed by atoms with Crippen LogP contribution in [0.1, 0.15) is 43.2 Å². The largest absolute Gasteiger partial charge is 0.332 e. The summed E-state index contributed by atoms with van der Waals surface area (Å²) in [5, 5.41) is 14.5. The summed E-state index contributed by atoms with van der Waals surface area (Å²) in [6.45, 7) is 2.97. The maximum absolute atomic E-state index is 5.27. The van der Waals surface area contributed by atoms with Crippen molar-refractivity contribution in [1.82, 2.24) is 25.7 Å². The third-order valence-corrected chi connectivity index (χ3v) is 3.24. The summed E-state index contributed by atoms with van der Waals surface area (Å²) in [6.07, 6.45) is 4.77. The van der Waals surface area contributed by atoms with Crippen LogP contribution in [0.4, 0.5) is 0 Å². The first-order valence-electron chi connectivity index (χ1n) is 6.42. The molecule has 0 radical (unpaired) electrons. The van der Waals surface area contributed by atoms with Crippen molar-refractivity contribution in [2.45, 2.75) is 38.6 Å². The molecule has 0 saturated carbocycles. The van der Waals surface area contributed by atoms with E-state index in [9.17, 15) is 0 Å². The van der Waals surface area contributed by atoms with E-state index in [-0.39, 0.29) is 18.4 Å². The first kappa shape index (κ1) is 14.0. The number of H-pyrrole nitrogens is 1. The Kier molecular flexibility index (Phi) is 4.55. The second-order valence-electron chi connectivity index (χ2n) is 4.75. The molecule has 7 heteroatoms. The SMILES string of the molecule is Cc1cc(-c2nc(C3CCCCCN3)no2)n[nH]1.Cl. The molecule has 1 atom stereocenters. The number of rotatable bonds is 2. The van der Waals surface area contributed by atoms with Crippen LogP contribution in [0.2, 0.25) is 0 Å². The smallest absolute Gasteiger partial charge is 0.278 e. The van der Waals surface area contributed by atoms with Crippen LogP contribution in [-0.4, -0.2) is 26.9 Å². The fraction of sp³-hybridized carbons (Fsp3) is 0.583. The van der Waals surface area contributed by atoms with Crippen LogP contribution in [0, 0.1) is 6.92 Å². The molecule has 19 heavy (non-hydrogen) atoms. The molecule has 0 amide bonds. The lowest BCUT2D eigenvalue weighted by Crippen LogP contribution is -2.21. The van der Waals surface area contributed by atoms with Gasteiger partial charge in [0, 0.05) is 5.69 Å². The Balaban J connectivity index is 0.00000133. The van der Waals surface area contributed by atoms with Gasteiger partial charge in [-0.15, -0.1) is 12.4 Å². The summed E-state index contributed by atoms with van der Waals surface area (Å²) >= 11 is 0. The van der Waals surface area contributed by atoms with Gasteiger partial charge in [-0.2, -0.15) is 10.1 Å². The zero-order valence-corrected chi connectivity index (χ0v) is 11.7. The molecule has 0 aromatic carbocycles. The molecule has 6 nitrogen and oxygen atoms in total. The van der Waals surface area contributed by atoms with Gasteiger partial charge in [0.1, 0.15) is 0 Å². The molecule has 0 spiro atoms. The first-order valence-corrected chi connectivity index (χ1v) is 6.42. The number of aromatic amines is 1. The first-order chi connectivity index (χ1) is 8.83. The monoisotopic (exact) mass is 283 g/mol. The van der Waals surface area contributed by atoms with Gasteiger partial charge in [-0.3, -0.25) is 5.10 Å². The van der Waals surface area contributed by atoms with E-state index in [1.165, 1.54) is 19.3 Å². The third-order valence-electron chi connectivity index (χ3n) is 3.24. The molecule has 0 bridgehead atoms. The Labute approximate surface area is 117 Å². The topological polar surface area (TPSA) is 79.6 Å². The molecule has 1 saturated heterocycles. The van der Waals surface area contributed by atoms with Gasteiger partial charge < -0.3 is 9.84 Å². The van der Waals surface area contributed by atoms with E-state index >= 15 is 0 Å². The zero-order valence-electron chi connectivity index (χ0n) is 10.8. The highest BCUT2D eigenvalue weighted by Crippen LogP contribution is 2.23. The minimum Gasteiger partial charge on any atom is -0.332 e. The number of hydrogen-bond acceptors (Lipinski definition) is 5. The van der Waals surface area contributed by atoms with Crippen molar-refractivity contribution in [3.05, 3.63) is 17.6 Å². The number of nitrogens with one attached hydrogen (secondary N) is 2. The van der Waals surface area contributed by atoms with E-state index in [1.807, 2.05) is 13.0 Å². The van der Waals surface area contributed by atoms with Crippen molar-refractivity contribution in [2.75, 3.05) is 6.54 Å². The van der Waals surface area contributed by atoms with E-state index in [2.05, 4.69) is 25.7 Å². The summed E-state index contributed by atoms with van der Waals surface area (Å²) in [7, 11) is 0. The number of aromatic nitrogens is 4. The number of hydrogen-bond donors (Lipinski definition) is 2. The van der Waals surface area contributed by atoms with Gasteiger partial charge in [0.05, 0.1) is 6.04 Å². The molecule has 2 N–H and O–H groups in total. The minimum atomic E-state index is 0. The van der Waals surface area contributed by atoms with Crippen LogP contribution in [0.3, 0.4) is 0 Å². The summed E-state index contributed by atoms with van der Waals surface area (Å²) in [5.41, 5.74) is 1.69. The van der Waals surface area contributed by atoms with Gasteiger partial charge in [0.25, 0.3) is 5.89 Å². The van der Waals surface area contributed by atoms with Crippen molar-refractivity contribution in [3.63, 3.8) is 0 Å². The lowest BCUT2D eigenvalue weighted by molar-refractivity contribution is 0.401. The lowest BCUT2D eigenvalue weighted by Gasteiger charge is -2.09. The number of nitrogens with zero attached hydrogens (tertiary/aromatic N) is 3. The maximum atomic E-state index is 5.27. The Bertz CT molecular complexity index is 516. The average molecular weight is 284 g/mol. The summed E-state index contributed by atoms with van der Waals surface area (Å²) < 4.78 is 5.27. The summed E-state index contributed by atoms with van der Waals surface area (Å²) in [4.78, 5) is 4.44. The molecule has 3 rings (SSSR count). The van der Waals surface area contributed by atoms with E-state index in [4.69, 9.17) is 4.52 Å². The molecule has 104 valence electrons. The van der Waals surface area contributed by atoms with Crippen molar-refractivity contribution < 1.29 is 4.52 Å². The predicted octanol–water partition coefficient (Wildman–Crippen LogP) is 2.39. The van der Waals surface area contributed by atoms with Gasteiger partial charge in [-0.25, -0.2) is 0 Å². The zero-order chi connectivity index (χ0) is 12.4. The van der Waals surface area contributed by atoms with E-state index in [0.29, 0.717) is 11.6 Å². The van der Waals surface area contributed by atoms with Crippen LogP contribution in [0.5, 0.6) is 0 Å². The second kappa shape index (κ2) is 6.16. The Morgan fingerprint density at radius 3 is 3.00 bits per heavy atom. The summed E-state index contributed by atoms with van der Waals surface area (Å²) in [6, 6.07) is 2.11. The molecule has 1 aliphatic heterocycles. The van der Waals surface area contributed by atoms with Crippen molar-refractivity contribution in [3.8, 4) is 11.6 Å². The highest BCUT2D eigenvalue weighted by molar-refractivity contribution is 5.85. The molecule has 2 aromatic heterocycles. The normalized spacial score (nSPS) is 19.7. The number of aryl methyl sites for hydroxylation is 1. The highest BCUT2D eigenvalue weighted by Gasteiger charge is 2.20. The standard InChI is InChI=1S/C12H17N5O.ClH/c1-8-7-10(16-15-8)12-14-11(17-18-12)9-5-3-2-4-6-13-9;/h7,9,13H,2-6H2,1H3,(H,15,16);1H. The maximum Gasteiger partial charge on any atom is 0.278 e. The van der Waals surface area contributed by atoms with Gasteiger partial charge in [0.2, 0.25) is 0 Å². The number of halogens is 1.